The maximum absolute atomic E-state index is 12.9. The van der Waals surface area contributed by atoms with Gasteiger partial charge >= 0.3 is 6.18 Å². The van der Waals surface area contributed by atoms with Crippen molar-refractivity contribution in [3.63, 3.8) is 0 Å². The zero-order valence-electron chi connectivity index (χ0n) is 15.6. The predicted molar refractivity (Wildman–Crippen MR) is 104 cm³/mol. The Labute approximate surface area is 165 Å². The summed E-state index contributed by atoms with van der Waals surface area (Å²) in [5.41, 5.74) is 1.54. The molecule has 1 N–H and O–H groups in total. The molecule has 1 aliphatic carbocycles. The third-order valence-electron chi connectivity index (χ3n) is 4.58. The highest BCUT2D eigenvalue weighted by Crippen LogP contribution is 2.34. The lowest BCUT2D eigenvalue weighted by molar-refractivity contribution is -0.137. The largest absolute Gasteiger partial charge is 0.441 e. The highest BCUT2D eigenvalue weighted by atomic mass is 19.4. The van der Waals surface area contributed by atoms with Crippen LogP contribution in [-0.4, -0.2) is 9.97 Å². The summed E-state index contributed by atoms with van der Waals surface area (Å²) >= 11 is 0. The first kappa shape index (κ1) is 19.0. The molecule has 7 heteroatoms. The van der Waals surface area contributed by atoms with E-state index in [9.17, 15) is 13.2 Å². The van der Waals surface area contributed by atoms with E-state index in [1.54, 1.807) is 18.5 Å². The van der Waals surface area contributed by atoms with E-state index in [-0.39, 0.29) is 11.8 Å². The van der Waals surface area contributed by atoms with Crippen molar-refractivity contribution in [1.82, 2.24) is 9.97 Å². The number of nitrogens with one attached hydrogen (secondary N) is 1. The van der Waals surface area contributed by atoms with E-state index in [1.807, 2.05) is 37.3 Å². The Hall–Kier alpha value is -3.35. The zero-order chi connectivity index (χ0) is 20.4. The molecule has 29 heavy (non-hydrogen) atoms. The second-order valence-electron chi connectivity index (χ2n) is 6.86. The molecule has 1 aromatic carbocycles. The van der Waals surface area contributed by atoms with Crippen LogP contribution in [0.1, 0.15) is 29.2 Å². The summed E-state index contributed by atoms with van der Waals surface area (Å²) in [5, 5.41) is 3.26. The van der Waals surface area contributed by atoms with Crippen LogP contribution in [0.25, 0.3) is 11.5 Å². The monoisotopic (exact) mass is 397 g/mol. The Morgan fingerprint density at radius 2 is 2.00 bits per heavy atom. The van der Waals surface area contributed by atoms with E-state index in [0.29, 0.717) is 17.7 Å². The van der Waals surface area contributed by atoms with E-state index in [2.05, 4.69) is 15.3 Å². The van der Waals surface area contributed by atoms with Gasteiger partial charge in [-0.3, -0.25) is 0 Å². The molecule has 4 rings (SSSR count). The van der Waals surface area contributed by atoms with E-state index in [1.165, 1.54) is 6.07 Å². The topological polar surface area (TPSA) is 51.0 Å². The van der Waals surface area contributed by atoms with Crippen molar-refractivity contribution in [3.8, 4) is 11.5 Å². The number of aromatic nitrogens is 2. The van der Waals surface area contributed by atoms with Gasteiger partial charge < -0.3 is 9.73 Å². The zero-order valence-corrected chi connectivity index (χ0v) is 15.6. The smallest absolute Gasteiger partial charge is 0.416 e. The van der Waals surface area contributed by atoms with Gasteiger partial charge in [0.05, 0.1) is 11.8 Å². The van der Waals surface area contributed by atoms with Crippen molar-refractivity contribution in [1.29, 1.82) is 0 Å². The van der Waals surface area contributed by atoms with Crippen LogP contribution in [-0.2, 0) is 6.18 Å². The van der Waals surface area contributed by atoms with Crippen molar-refractivity contribution >= 4 is 5.82 Å². The number of anilines is 1. The maximum Gasteiger partial charge on any atom is 0.416 e. The number of oxazole rings is 1. The molecule has 4 nitrogen and oxygen atoms in total. The third-order valence-corrected chi connectivity index (χ3v) is 4.58. The molecule has 1 unspecified atom stereocenters. The molecule has 2 aromatic heterocycles. The average Bonchev–Trinajstić information content (AvgIpc) is 3.18. The van der Waals surface area contributed by atoms with E-state index >= 15 is 0 Å². The van der Waals surface area contributed by atoms with Gasteiger partial charge in [0.15, 0.2) is 0 Å². The van der Waals surface area contributed by atoms with Crippen LogP contribution in [0, 0.1) is 6.92 Å². The number of hydrogen-bond acceptors (Lipinski definition) is 4. The number of rotatable bonds is 4. The summed E-state index contributed by atoms with van der Waals surface area (Å²) in [6.45, 7) is 1.99. The first-order valence-corrected chi connectivity index (χ1v) is 9.10. The van der Waals surface area contributed by atoms with Crippen molar-refractivity contribution in [2.75, 3.05) is 5.32 Å². The fourth-order valence-corrected chi connectivity index (χ4v) is 3.14. The summed E-state index contributed by atoms with van der Waals surface area (Å²) in [6, 6.07) is 8.84. The van der Waals surface area contributed by atoms with Crippen molar-refractivity contribution < 1.29 is 17.6 Å². The highest BCUT2D eigenvalue weighted by molar-refractivity contribution is 5.55. The Morgan fingerprint density at radius 3 is 2.79 bits per heavy atom. The van der Waals surface area contributed by atoms with Crippen LogP contribution in [0.4, 0.5) is 19.0 Å². The summed E-state index contributed by atoms with van der Waals surface area (Å²) < 4.78 is 44.6. The molecule has 0 spiro atoms. The molecule has 0 amide bonds. The molecule has 1 atom stereocenters. The lowest BCUT2D eigenvalue weighted by atomic mass is 9.97. The average molecular weight is 397 g/mol. The van der Waals surface area contributed by atoms with Crippen LogP contribution in [0.15, 0.2) is 77.1 Å². The third kappa shape index (κ3) is 4.39. The standard InChI is InChI=1S/C22H18F3N3O/c1-14-8-9-26-20(10-14)28-18-7-3-4-15(12-18)19-13-27-21(29-19)16-5-2-6-17(11-16)22(23,24)25/h2-3,5-13,15H,4H2,1H3,(H,26,28). The molecule has 0 radical (unpaired) electrons. The number of aryl methyl sites for hydroxylation is 1. The van der Waals surface area contributed by atoms with Gasteiger partial charge in [-0.15, -0.1) is 0 Å². The lowest BCUT2D eigenvalue weighted by Gasteiger charge is -2.15. The minimum absolute atomic E-state index is 0.0700. The van der Waals surface area contributed by atoms with Gasteiger partial charge in [-0.25, -0.2) is 9.97 Å². The van der Waals surface area contributed by atoms with Gasteiger partial charge in [0.1, 0.15) is 11.6 Å². The number of pyridine rings is 1. The highest BCUT2D eigenvalue weighted by Gasteiger charge is 2.31. The van der Waals surface area contributed by atoms with Gasteiger partial charge in [0.25, 0.3) is 0 Å². The number of benzene rings is 1. The molecule has 0 fully saturated rings. The molecule has 2 heterocycles. The fraction of sp³-hybridized carbons (Fsp3) is 0.182. The first-order chi connectivity index (χ1) is 13.9. The fourth-order valence-electron chi connectivity index (χ4n) is 3.14. The van der Waals surface area contributed by atoms with Crippen LogP contribution in [0.5, 0.6) is 0 Å². The maximum atomic E-state index is 12.9. The summed E-state index contributed by atoms with van der Waals surface area (Å²) in [7, 11) is 0. The second kappa shape index (κ2) is 7.58. The Kier molecular flexibility index (Phi) is 4.96. The SMILES string of the molecule is Cc1ccnc(NC2=CC(c3cnc(-c4cccc(C(F)(F)F)c4)o3)CC=C2)c1. The molecule has 0 saturated heterocycles. The number of alkyl halides is 3. The number of allylic oxidation sites excluding steroid dienone is 3. The van der Waals surface area contributed by atoms with Crippen LogP contribution in [0.3, 0.4) is 0 Å². The number of nitrogens with zero attached hydrogens (tertiary/aromatic N) is 2. The number of hydrogen-bond donors (Lipinski definition) is 1. The molecule has 1 aliphatic rings. The van der Waals surface area contributed by atoms with Crippen molar-refractivity contribution in [2.45, 2.75) is 25.4 Å². The van der Waals surface area contributed by atoms with Crippen molar-refractivity contribution in [3.05, 3.63) is 89.6 Å². The Balaban J connectivity index is 1.55. The second-order valence-corrected chi connectivity index (χ2v) is 6.86. The normalized spacial score (nSPS) is 16.6. The van der Waals surface area contributed by atoms with Crippen molar-refractivity contribution in [2.24, 2.45) is 0 Å². The van der Waals surface area contributed by atoms with Gasteiger partial charge in [0, 0.05) is 23.4 Å². The molecular weight excluding hydrogens is 379 g/mol. The van der Waals surface area contributed by atoms with Crippen LogP contribution in [0.2, 0.25) is 0 Å². The predicted octanol–water partition coefficient (Wildman–Crippen LogP) is 6.10. The Bertz CT molecular complexity index is 1080. The first-order valence-electron chi connectivity index (χ1n) is 9.10. The molecular formula is C22H18F3N3O. The molecule has 3 aromatic rings. The van der Waals surface area contributed by atoms with Crippen LogP contribution >= 0.6 is 0 Å². The summed E-state index contributed by atoms with van der Waals surface area (Å²) in [4.78, 5) is 8.48. The number of halogens is 3. The molecule has 0 saturated carbocycles. The molecule has 0 aliphatic heterocycles. The lowest BCUT2D eigenvalue weighted by Crippen LogP contribution is -2.05. The summed E-state index contributed by atoms with van der Waals surface area (Å²) in [6.07, 6.45) is 5.58. The minimum atomic E-state index is -4.41. The van der Waals surface area contributed by atoms with Gasteiger partial charge in [-0.2, -0.15) is 13.2 Å². The van der Waals surface area contributed by atoms with E-state index in [4.69, 9.17) is 4.42 Å². The van der Waals surface area contributed by atoms with Crippen LogP contribution < -0.4 is 5.32 Å². The van der Waals surface area contributed by atoms with Gasteiger partial charge in [-0.05, 0) is 61.4 Å². The molecule has 0 bridgehead atoms. The van der Waals surface area contributed by atoms with Gasteiger partial charge in [0.2, 0.25) is 5.89 Å². The quantitative estimate of drug-likeness (QED) is 0.578. The van der Waals surface area contributed by atoms with Gasteiger partial charge in [-0.1, -0.05) is 12.1 Å². The van der Waals surface area contributed by atoms with E-state index in [0.717, 1.165) is 29.2 Å². The summed E-state index contributed by atoms with van der Waals surface area (Å²) in [5.74, 6) is 1.44. The minimum Gasteiger partial charge on any atom is -0.441 e. The Morgan fingerprint density at radius 1 is 1.14 bits per heavy atom. The van der Waals surface area contributed by atoms with E-state index < -0.39 is 11.7 Å². The molecule has 148 valence electrons.